The van der Waals surface area contributed by atoms with Crippen molar-refractivity contribution >= 4 is 5.69 Å². The maximum atomic E-state index is 10.9. The van der Waals surface area contributed by atoms with Gasteiger partial charge in [0.2, 0.25) is 0 Å². The van der Waals surface area contributed by atoms with Crippen LogP contribution in [0, 0.1) is 22.5 Å². The fourth-order valence-electron chi connectivity index (χ4n) is 1.47. The normalized spacial score (nSPS) is 9.74. The number of nitro groups is 1. The summed E-state index contributed by atoms with van der Waals surface area (Å²) in [6, 6.07) is 2.81. The van der Waals surface area contributed by atoms with Crippen LogP contribution in [0.4, 0.5) is 5.69 Å². The van der Waals surface area contributed by atoms with Gasteiger partial charge in [0.25, 0.3) is 5.69 Å². The Kier molecular flexibility index (Phi) is 5.68. The van der Waals surface area contributed by atoms with Crippen molar-refractivity contribution in [1.29, 1.82) is 0 Å². The molecule has 1 aromatic rings. The van der Waals surface area contributed by atoms with E-state index < -0.39 is 4.92 Å². The number of nitro benzene ring substituents is 1. The zero-order chi connectivity index (χ0) is 14.3. The maximum Gasteiger partial charge on any atom is 0.288 e. The fourth-order valence-corrected chi connectivity index (χ4v) is 1.47. The van der Waals surface area contributed by atoms with E-state index in [-0.39, 0.29) is 11.3 Å². The molecule has 0 spiro atoms. The van der Waals surface area contributed by atoms with E-state index in [1.807, 2.05) is 13.8 Å². The van der Waals surface area contributed by atoms with Crippen LogP contribution in [0.3, 0.4) is 0 Å². The number of benzene rings is 1. The van der Waals surface area contributed by atoms with Gasteiger partial charge in [0.15, 0.2) is 11.5 Å². The van der Waals surface area contributed by atoms with Gasteiger partial charge in [-0.1, -0.05) is 19.8 Å². The van der Waals surface area contributed by atoms with Gasteiger partial charge in [-0.05, 0) is 12.8 Å². The summed E-state index contributed by atoms with van der Waals surface area (Å²) in [6.07, 6.45) is 6.92. The van der Waals surface area contributed by atoms with Crippen molar-refractivity contribution in [1.82, 2.24) is 0 Å². The van der Waals surface area contributed by atoms with Gasteiger partial charge >= 0.3 is 0 Å². The molecule has 0 amide bonds. The number of hydrogen-bond donors (Lipinski definition) is 0. The molecule has 0 aliphatic heterocycles. The summed E-state index contributed by atoms with van der Waals surface area (Å²) in [4.78, 5) is 10.4. The largest absolute Gasteiger partial charge is 0.490 e. The molecule has 0 bridgehead atoms. The van der Waals surface area contributed by atoms with Gasteiger partial charge in [0.1, 0.15) is 5.56 Å². The number of hydrogen-bond acceptors (Lipinski definition) is 4. The lowest BCUT2D eigenvalue weighted by molar-refractivity contribution is -0.385. The topological polar surface area (TPSA) is 61.6 Å². The Morgan fingerprint density at radius 2 is 1.74 bits per heavy atom. The molecule has 5 nitrogen and oxygen atoms in total. The van der Waals surface area contributed by atoms with Gasteiger partial charge in [-0.2, -0.15) is 0 Å². The van der Waals surface area contributed by atoms with Crippen LogP contribution in [-0.2, 0) is 0 Å². The predicted octanol–water partition coefficient (Wildman–Crippen LogP) is 3.15. The molecule has 0 aliphatic carbocycles. The molecule has 0 unspecified atom stereocenters. The molecule has 0 fully saturated rings. The first-order chi connectivity index (χ1) is 9.13. The summed E-state index contributed by atoms with van der Waals surface area (Å²) in [7, 11) is 0. The minimum absolute atomic E-state index is 0.141. The monoisotopic (exact) mass is 263 g/mol. The van der Waals surface area contributed by atoms with Gasteiger partial charge in [0, 0.05) is 6.07 Å². The van der Waals surface area contributed by atoms with Crippen LogP contribution in [-0.4, -0.2) is 18.1 Å². The van der Waals surface area contributed by atoms with Crippen LogP contribution in [0.2, 0.25) is 0 Å². The minimum atomic E-state index is -0.516. The number of ether oxygens (including phenoxy) is 2. The first-order valence-electron chi connectivity index (χ1n) is 6.18. The lowest BCUT2D eigenvalue weighted by Crippen LogP contribution is -2.03. The Morgan fingerprint density at radius 3 is 2.16 bits per heavy atom. The summed E-state index contributed by atoms with van der Waals surface area (Å²) in [5.41, 5.74) is 0.0532. The molecule has 1 aromatic carbocycles. The van der Waals surface area contributed by atoms with E-state index >= 15 is 0 Å². The standard InChI is InChI=1S/C14H17NO4/c1-4-7-18-13-9-11(6-3)12(15(16)17)10-14(13)19-8-5-2/h3,9-10H,4-5,7-8H2,1-2H3. The third-order valence-corrected chi connectivity index (χ3v) is 2.34. The molecular weight excluding hydrogens is 246 g/mol. The van der Waals surface area contributed by atoms with Gasteiger partial charge in [-0.25, -0.2) is 0 Å². The molecule has 0 N–H and O–H groups in total. The van der Waals surface area contributed by atoms with Crippen molar-refractivity contribution in [2.24, 2.45) is 0 Å². The van der Waals surface area contributed by atoms with Gasteiger partial charge < -0.3 is 9.47 Å². The average molecular weight is 263 g/mol. The Bertz CT molecular complexity index is 491. The molecule has 0 heterocycles. The highest BCUT2D eigenvalue weighted by Crippen LogP contribution is 2.34. The second-order valence-electron chi connectivity index (χ2n) is 3.91. The second kappa shape index (κ2) is 7.27. The van der Waals surface area contributed by atoms with Crippen LogP contribution in [0.15, 0.2) is 12.1 Å². The van der Waals surface area contributed by atoms with Crippen molar-refractivity contribution in [2.45, 2.75) is 26.7 Å². The Hall–Kier alpha value is -2.22. The highest BCUT2D eigenvalue weighted by atomic mass is 16.6. The fraction of sp³-hybridized carbons (Fsp3) is 0.429. The lowest BCUT2D eigenvalue weighted by atomic mass is 10.1. The molecule has 0 aromatic heterocycles. The van der Waals surface area contributed by atoms with E-state index in [4.69, 9.17) is 15.9 Å². The van der Waals surface area contributed by atoms with Crippen LogP contribution in [0.1, 0.15) is 32.3 Å². The summed E-state index contributed by atoms with van der Waals surface area (Å²) >= 11 is 0. The Morgan fingerprint density at radius 1 is 1.21 bits per heavy atom. The predicted molar refractivity (Wildman–Crippen MR) is 72.6 cm³/mol. The number of terminal acetylenes is 1. The highest BCUT2D eigenvalue weighted by Gasteiger charge is 2.18. The highest BCUT2D eigenvalue weighted by molar-refractivity contribution is 5.59. The number of rotatable bonds is 7. The van der Waals surface area contributed by atoms with Gasteiger partial charge in [-0.15, -0.1) is 6.42 Å². The molecule has 0 atom stereocenters. The minimum Gasteiger partial charge on any atom is -0.490 e. The number of nitrogens with zero attached hydrogens (tertiary/aromatic N) is 1. The van der Waals surface area contributed by atoms with Crippen molar-refractivity contribution in [3.63, 3.8) is 0 Å². The van der Waals surface area contributed by atoms with E-state index in [0.29, 0.717) is 24.7 Å². The molecule has 0 radical (unpaired) electrons. The summed E-state index contributed by atoms with van der Waals surface area (Å²) in [5, 5.41) is 10.9. The molecule has 19 heavy (non-hydrogen) atoms. The zero-order valence-electron chi connectivity index (χ0n) is 11.1. The third-order valence-electron chi connectivity index (χ3n) is 2.34. The van der Waals surface area contributed by atoms with Crippen molar-refractivity contribution in [3.8, 4) is 23.8 Å². The van der Waals surface area contributed by atoms with Crippen LogP contribution < -0.4 is 9.47 Å². The van der Waals surface area contributed by atoms with E-state index in [9.17, 15) is 10.1 Å². The molecule has 5 heteroatoms. The first kappa shape index (κ1) is 14.8. The van der Waals surface area contributed by atoms with Gasteiger partial charge in [0.05, 0.1) is 24.2 Å². The van der Waals surface area contributed by atoms with Crippen molar-refractivity contribution in [3.05, 3.63) is 27.8 Å². The zero-order valence-corrected chi connectivity index (χ0v) is 11.1. The molecule has 0 saturated heterocycles. The quantitative estimate of drug-likeness (QED) is 0.430. The van der Waals surface area contributed by atoms with E-state index in [1.165, 1.54) is 12.1 Å². The van der Waals surface area contributed by atoms with E-state index in [0.717, 1.165) is 12.8 Å². The summed E-state index contributed by atoms with van der Waals surface area (Å²) in [5.74, 6) is 3.11. The second-order valence-corrected chi connectivity index (χ2v) is 3.91. The summed E-state index contributed by atoms with van der Waals surface area (Å²) < 4.78 is 11.0. The first-order valence-corrected chi connectivity index (χ1v) is 6.18. The van der Waals surface area contributed by atoms with E-state index in [2.05, 4.69) is 5.92 Å². The van der Waals surface area contributed by atoms with Gasteiger partial charge in [-0.3, -0.25) is 10.1 Å². The smallest absolute Gasteiger partial charge is 0.288 e. The molecule has 102 valence electrons. The SMILES string of the molecule is C#Cc1cc(OCCC)c(OCCC)cc1[N+](=O)[O-]. The van der Waals surface area contributed by atoms with Crippen LogP contribution in [0.25, 0.3) is 0 Å². The lowest BCUT2D eigenvalue weighted by Gasteiger charge is -2.12. The Balaban J connectivity index is 3.19. The van der Waals surface area contributed by atoms with E-state index in [1.54, 1.807) is 0 Å². The molecule has 0 aliphatic rings. The third kappa shape index (κ3) is 3.88. The van der Waals surface area contributed by atoms with Crippen molar-refractivity contribution < 1.29 is 14.4 Å². The van der Waals surface area contributed by atoms with Crippen LogP contribution >= 0.6 is 0 Å². The maximum absolute atomic E-state index is 10.9. The summed E-state index contributed by atoms with van der Waals surface area (Å²) in [6.45, 7) is 4.90. The molecular formula is C14H17NO4. The van der Waals surface area contributed by atoms with Crippen molar-refractivity contribution in [2.75, 3.05) is 13.2 Å². The van der Waals surface area contributed by atoms with Crippen LogP contribution in [0.5, 0.6) is 11.5 Å². The molecule has 1 rings (SSSR count). The average Bonchev–Trinajstić information content (AvgIpc) is 2.42. The Labute approximate surface area is 112 Å². The molecule has 0 saturated carbocycles.